The Kier molecular flexibility index (Phi) is 6.96. The third kappa shape index (κ3) is 5.30. The second-order valence-electron chi connectivity index (χ2n) is 9.32. The molecule has 0 aliphatic carbocycles. The summed E-state index contributed by atoms with van der Waals surface area (Å²) in [6.07, 6.45) is 3.52. The molecule has 8 heteroatoms. The van der Waals surface area contributed by atoms with Crippen LogP contribution in [-0.2, 0) is 11.3 Å². The van der Waals surface area contributed by atoms with Gasteiger partial charge in [0.1, 0.15) is 17.7 Å². The molecule has 5 nitrogen and oxygen atoms in total. The van der Waals surface area contributed by atoms with Crippen molar-refractivity contribution >= 4 is 34.8 Å². The highest BCUT2D eigenvalue weighted by Gasteiger charge is 2.50. The minimum atomic E-state index is -0.648. The van der Waals surface area contributed by atoms with Gasteiger partial charge in [-0.2, -0.15) is 0 Å². The molecule has 1 amide bonds. The second kappa shape index (κ2) is 10.1. The Balaban J connectivity index is 1.44. The molecule has 5 rings (SSSR count). The van der Waals surface area contributed by atoms with Crippen molar-refractivity contribution in [3.63, 3.8) is 0 Å². The Labute approximate surface area is 214 Å². The first-order chi connectivity index (χ1) is 16.9. The summed E-state index contributed by atoms with van der Waals surface area (Å²) in [6.45, 7) is 2.08. The zero-order valence-corrected chi connectivity index (χ0v) is 20.7. The van der Waals surface area contributed by atoms with Crippen LogP contribution in [0.25, 0.3) is 0 Å². The summed E-state index contributed by atoms with van der Waals surface area (Å²) in [6, 6.07) is 17.6. The summed E-state index contributed by atoms with van der Waals surface area (Å²) in [5.41, 5.74) is 0.533. The topological polar surface area (TPSA) is 45.7 Å². The molecule has 2 aromatic carbocycles. The summed E-state index contributed by atoms with van der Waals surface area (Å²) in [5, 5.41) is 1.21. The average molecular weight is 514 g/mol. The van der Waals surface area contributed by atoms with Crippen molar-refractivity contribution in [1.29, 1.82) is 0 Å². The van der Waals surface area contributed by atoms with Crippen LogP contribution in [0.3, 0.4) is 0 Å². The van der Waals surface area contributed by atoms with Gasteiger partial charge < -0.3 is 9.64 Å². The number of ether oxygens (including phenoxy) is 1. The molecule has 2 fully saturated rings. The van der Waals surface area contributed by atoms with E-state index in [1.165, 1.54) is 6.07 Å². The van der Waals surface area contributed by atoms with Gasteiger partial charge in [-0.25, -0.2) is 4.39 Å². The number of benzene rings is 2. The number of carbonyl (C=O) groups is 1. The van der Waals surface area contributed by atoms with E-state index in [4.69, 9.17) is 27.9 Å². The third-order valence-corrected chi connectivity index (χ3v) is 7.29. The molecule has 3 aromatic rings. The lowest BCUT2D eigenvalue weighted by atomic mass is 9.71. The fraction of sp³-hybridized carbons (Fsp3) is 0.333. The van der Waals surface area contributed by atoms with Crippen LogP contribution >= 0.6 is 23.2 Å². The van der Waals surface area contributed by atoms with E-state index in [0.717, 1.165) is 25.1 Å². The number of likely N-dealkylation sites (tertiary alicyclic amines) is 1. The molecular formula is C27H26Cl2FN3O2. The van der Waals surface area contributed by atoms with Crippen molar-refractivity contribution in [2.75, 3.05) is 24.5 Å². The van der Waals surface area contributed by atoms with Crippen LogP contribution in [0.4, 0.5) is 10.1 Å². The van der Waals surface area contributed by atoms with Gasteiger partial charge in [0.2, 0.25) is 5.91 Å². The van der Waals surface area contributed by atoms with E-state index in [2.05, 4.69) is 9.88 Å². The monoisotopic (exact) mass is 513 g/mol. The standard InChI is InChI=1S/C27H26Cl2FN3O2/c28-19-7-9-21(10-8-19)33-16-23(35-22-5-1-4-20(29)14-22)15-27(26(33)34)11-3-13-32(18-27)17-25-24(30)6-2-12-31-25/h1-2,4-10,12,14,23H,3,11,13,15-18H2/t23-,27-/m1/s1. The normalized spacial score (nSPS) is 23.0. The Bertz CT molecular complexity index is 1210. The number of piperidine rings is 2. The predicted octanol–water partition coefficient (Wildman–Crippen LogP) is 5.99. The second-order valence-corrected chi connectivity index (χ2v) is 10.2. The Morgan fingerprint density at radius 2 is 1.91 bits per heavy atom. The van der Waals surface area contributed by atoms with Gasteiger partial charge in [0, 0.05) is 41.4 Å². The molecule has 0 bridgehead atoms. The van der Waals surface area contributed by atoms with Gasteiger partial charge in [0.05, 0.1) is 17.7 Å². The maximum absolute atomic E-state index is 14.3. The van der Waals surface area contributed by atoms with Gasteiger partial charge in [0.15, 0.2) is 0 Å². The highest BCUT2D eigenvalue weighted by atomic mass is 35.5. The molecule has 1 spiro atoms. The van der Waals surface area contributed by atoms with Crippen molar-refractivity contribution in [3.8, 4) is 5.75 Å². The molecule has 1 aromatic heterocycles. The van der Waals surface area contributed by atoms with E-state index >= 15 is 0 Å². The maximum Gasteiger partial charge on any atom is 0.234 e. The highest BCUT2D eigenvalue weighted by Crippen LogP contribution is 2.42. The van der Waals surface area contributed by atoms with Gasteiger partial charge in [-0.1, -0.05) is 29.3 Å². The molecule has 3 heterocycles. The van der Waals surface area contributed by atoms with Gasteiger partial charge >= 0.3 is 0 Å². The van der Waals surface area contributed by atoms with Crippen LogP contribution in [0.1, 0.15) is 25.0 Å². The molecule has 0 unspecified atom stereocenters. The first-order valence-electron chi connectivity index (χ1n) is 11.7. The lowest BCUT2D eigenvalue weighted by Crippen LogP contribution is -2.60. The zero-order chi connectivity index (χ0) is 24.4. The van der Waals surface area contributed by atoms with Crippen LogP contribution in [-0.4, -0.2) is 41.5 Å². The summed E-state index contributed by atoms with van der Waals surface area (Å²) < 4.78 is 20.7. The van der Waals surface area contributed by atoms with Crippen molar-refractivity contribution in [1.82, 2.24) is 9.88 Å². The molecule has 35 heavy (non-hydrogen) atoms. The number of pyridine rings is 1. The molecule has 2 atom stereocenters. The maximum atomic E-state index is 14.3. The van der Waals surface area contributed by atoms with Crippen LogP contribution in [0.2, 0.25) is 10.0 Å². The smallest absolute Gasteiger partial charge is 0.234 e. The number of halogens is 3. The molecule has 0 radical (unpaired) electrons. The number of amides is 1. The first kappa shape index (κ1) is 24.0. The quantitative estimate of drug-likeness (QED) is 0.420. The lowest BCUT2D eigenvalue weighted by molar-refractivity contribution is -0.137. The van der Waals surface area contributed by atoms with E-state index < -0.39 is 5.41 Å². The van der Waals surface area contributed by atoms with E-state index in [0.29, 0.717) is 47.5 Å². The van der Waals surface area contributed by atoms with Crippen LogP contribution in [0.15, 0.2) is 66.9 Å². The molecule has 182 valence electrons. The fourth-order valence-electron chi connectivity index (χ4n) is 5.27. The van der Waals surface area contributed by atoms with E-state index in [1.807, 2.05) is 24.3 Å². The van der Waals surface area contributed by atoms with Crippen molar-refractivity contribution in [3.05, 3.63) is 88.4 Å². The first-order valence-corrected chi connectivity index (χ1v) is 12.5. The van der Waals surface area contributed by atoms with Crippen LogP contribution in [0, 0.1) is 11.2 Å². The Hall–Kier alpha value is -2.67. The van der Waals surface area contributed by atoms with Crippen molar-refractivity contribution in [2.24, 2.45) is 5.41 Å². The number of nitrogens with zero attached hydrogens (tertiary/aromatic N) is 3. The third-order valence-electron chi connectivity index (χ3n) is 6.80. The summed E-state index contributed by atoms with van der Waals surface area (Å²) >= 11 is 12.3. The molecule has 2 aliphatic rings. The van der Waals surface area contributed by atoms with Gasteiger partial charge in [-0.3, -0.25) is 14.7 Å². The molecule has 0 saturated carbocycles. The summed E-state index contributed by atoms with van der Waals surface area (Å²) in [5.74, 6) is 0.412. The van der Waals surface area contributed by atoms with Crippen LogP contribution in [0.5, 0.6) is 5.75 Å². The number of hydrogen-bond donors (Lipinski definition) is 0. The number of anilines is 1. The number of hydrogen-bond acceptors (Lipinski definition) is 4. The van der Waals surface area contributed by atoms with E-state index in [1.54, 1.807) is 41.4 Å². The minimum Gasteiger partial charge on any atom is -0.488 e. The van der Waals surface area contributed by atoms with Gasteiger partial charge in [0.25, 0.3) is 0 Å². The summed E-state index contributed by atoms with van der Waals surface area (Å²) in [7, 11) is 0. The van der Waals surface area contributed by atoms with Crippen molar-refractivity contribution < 1.29 is 13.9 Å². The fourth-order valence-corrected chi connectivity index (χ4v) is 5.57. The van der Waals surface area contributed by atoms with Gasteiger partial charge in [-0.15, -0.1) is 0 Å². The van der Waals surface area contributed by atoms with Crippen molar-refractivity contribution in [2.45, 2.75) is 31.9 Å². The van der Waals surface area contributed by atoms with Crippen LogP contribution < -0.4 is 9.64 Å². The number of aromatic nitrogens is 1. The SMILES string of the molecule is O=C1N(c2ccc(Cl)cc2)C[C@H](Oc2cccc(Cl)c2)C[C@@]12CCCN(Cc1ncccc1F)C2. The largest absolute Gasteiger partial charge is 0.488 e. The minimum absolute atomic E-state index is 0.0666. The Morgan fingerprint density at radius 1 is 1.09 bits per heavy atom. The number of carbonyl (C=O) groups excluding carboxylic acids is 1. The average Bonchev–Trinajstić information content (AvgIpc) is 2.84. The zero-order valence-electron chi connectivity index (χ0n) is 19.2. The molecule has 2 saturated heterocycles. The summed E-state index contributed by atoms with van der Waals surface area (Å²) in [4.78, 5) is 22.2. The molecule has 2 aliphatic heterocycles. The predicted molar refractivity (Wildman–Crippen MR) is 135 cm³/mol. The molecule has 0 N–H and O–H groups in total. The van der Waals surface area contributed by atoms with E-state index in [-0.39, 0.29) is 17.8 Å². The number of rotatable bonds is 5. The lowest BCUT2D eigenvalue weighted by Gasteiger charge is -2.49. The van der Waals surface area contributed by atoms with E-state index in [9.17, 15) is 9.18 Å². The molecular weight excluding hydrogens is 488 g/mol. The highest BCUT2D eigenvalue weighted by molar-refractivity contribution is 6.31. The Morgan fingerprint density at radius 3 is 2.69 bits per heavy atom. The van der Waals surface area contributed by atoms with Gasteiger partial charge in [-0.05, 0) is 74.0 Å².